The molecule has 1 aromatic carbocycles. The highest BCUT2D eigenvalue weighted by Gasteiger charge is 2.41. The topological polar surface area (TPSA) is 52.6 Å². The number of allylic oxidation sites excluding steroid dienone is 1. The Labute approximate surface area is 124 Å². The second-order valence-electron chi connectivity index (χ2n) is 5.41. The highest BCUT2D eigenvalue weighted by Crippen LogP contribution is 2.46. The van der Waals surface area contributed by atoms with Crippen molar-refractivity contribution in [3.8, 4) is 0 Å². The summed E-state index contributed by atoms with van der Waals surface area (Å²) in [5, 5.41) is 0. The van der Waals surface area contributed by atoms with E-state index < -0.39 is 17.9 Å². The van der Waals surface area contributed by atoms with E-state index in [-0.39, 0.29) is 0 Å². The second kappa shape index (κ2) is 5.35. The minimum Gasteiger partial charge on any atom is -0.468 e. The number of hydrogen-bond donors (Lipinski definition) is 0. The van der Waals surface area contributed by atoms with Crippen molar-refractivity contribution in [3.05, 3.63) is 39.5 Å². The van der Waals surface area contributed by atoms with E-state index in [4.69, 9.17) is 9.47 Å². The molecule has 0 aliphatic heterocycles. The minimum absolute atomic E-state index is 0.385. The monoisotopic (exact) mass is 288 g/mol. The molecule has 0 heterocycles. The van der Waals surface area contributed by atoms with Gasteiger partial charge in [0.15, 0.2) is 0 Å². The van der Waals surface area contributed by atoms with Crippen molar-refractivity contribution in [3.63, 3.8) is 0 Å². The first-order chi connectivity index (χ1) is 9.84. The van der Waals surface area contributed by atoms with Gasteiger partial charge < -0.3 is 9.47 Å². The first-order valence-electron chi connectivity index (χ1n) is 6.83. The molecule has 1 atom stereocenters. The fourth-order valence-electron chi connectivity index (χ4n) is 3.19. The molecule has 1 unspecified atom stereocenters. The van der Waals surface area contributed by atoms with E-state index in [1.54, 1.807) is 0 Å². The fraction of sp³-hybridized carbons (Fsp3) is 0.412. The molecule has 1 aliphatic carbocycles. The lowest BCUT2D eigenvalue weighted by atomic mass is 9.88. The summed E-state index contributed by atoms with van der Waals surface area (Å²) in [5.74, 6) is -1.60. The zero-order valence-electron chi connectivity index (χ0n) is 13.3. The Hall–Kier alpha value is -2.10. The Morgan fingerprint density at radius 3 is 2.14 bits per heavy atom. The van der Waals surface area contributed by atoms with Crippen LogP contribution in [0.2, 0.25) is 0 Å². The Bertz CT molecular complexity index is 668. The molecule has 21 heavy (non-hydrogen) atoms. The van der Waals surface area contributed by atoms with Crippen LogP contribution in [0.5, 0.6) is 0 Å². The van der Waals surface area contributed by atoms with Gasteiger partial charge in [-0.15, -0.1) is 0 Å². The fourth-order valence-corrected chi connectivity index (χ4v) is 3.19. The average Bonchev–Trinajstić information content (AvgIpc) is 2.77. The van der Waals surface area contributed by atoms with Crippen molar-refractivity contribution < 1.29 is 19.1 Å². The molecule has 0 saturated carbocycles. The molecule has 0 spiro atoms. The Morgan fingerprint density at radius 1 is 1.00 bits per heavy atom. The van der Waals surface area contributed by atoms with Gasteiger partial charge in [-0.2, -0.15) is 0 Å². The quantitative estimate of drug-likeness (QED) is 0.785. The molecule has 0 saturated heterocycles. The molecule has 4 heteroatoms. The van der Waals surface area contributed by atoms with E-state index in [0.717, 1.165) is 33.4 Å². The second-order valence-corrected chi connectivity index (χ2v) is 5.41. The third-order valence-electron chi connectivity index (χ3n) is 4.29. The van der Waals surface area contributed by atoms with E-state index in [1.807, 2.05) is 33.8 Å². The molecular weight excluding hydrogens is 268 g/mol. The zero-order chi connectivity index (χ0) is 15.9. The summed E-state index contributed by atoms with van der Waals surface area (Å²) in [5.41, 5.74) is 6.24. The molecule has 0 radical (unpaired) electrons. The number of methoxy groups -OCH3 is 2. The van der Waals surface area contributed by atoms with E-state index in [1.165, 1.54) is 14.2 Å². The highest BCUT2D eigenvalue weighted by atomic mass is 16.5. The Morgan fingerprint density at radius 2 is 1.62 bits per heavy atom. The molecule has 0 amide bonds. The molecule has 0 fully saturated rings. The first kappa shape index (κ1) is 15.3. The summed E-state index contributed by atoms with van der Waals surface area (Å²) in [4.78, 5) is 24.4. The SMILES string of the molecule is COC(=O)C1=C(C)c2c(C)c(C)cc(C)c2C1C(=O)OC. The van der Waals surface area contributed by atoms with Gasteiger partial charge in [0, 0.05) is 0 Å². The summed E-state index contributed by atoms with van der Waals surface area (Å²) in [6, 6.07) is 2.04. The van der Waals surface area contributed by atoms with Crippen LogP contribution in [-0.4, -0.2) is 26.2 Å². The lowest BCUT2D eigenvalue weighted by Gasteiger charge is -2.17. The van der Waals surface area contributed by atoms with Gasteiger partial charge in [-0.25, -0.2) is 4.79 Å². The zero-order valence-corrected chi connectivity index (χ0v) is 13.3. The van der Waals surface area contributed by atoms with E-state index >= 15 is 0 Å². The van der Waals surface area contributed by atoms with Gasteiger partial charge in [0.2, 0.25) is 0 Å². The van der Waals surface area contributed by atoms with Gasteiger partial charge in [0.05, 0.1) is 19.8 Å². The smallest absolute Gasteiger partial charge is 0.335 e. The number of carbonyl (C=O) groups is 2. The van der Waals surface area contributed by atoms with Crippen LogP contribution in [0, 0.1) is 20.8 Å². The number of carbonyl (C=O) groups excluding carboxylic acids is 2. The van der Waals surface area contributed by atoms with Gasteiger partial charge in [0.25, 0.3) is 0 Å². The predicted octanol–water partition coefficient (Wildman–Crippen LogP) is 2.83. The maximum Gasteiger partial charge on any atom is 0.335 e. The van der Waals surface area contributed by atoms with Gasteiger partial charge in [0.1, 0.15) is 5.92 Å². The summed E-state index contributed by atoms with van der Waals surface area (Å²) in [7, 11) is 2.66. The average molecular weight is 288 g/mol. The number of aryl methyl sites for hydroxylation is 2. The number of hydrogen-bond acceptors (Lipinski definition) is 4. The van der Waals surface area contributed by atoms with Crippen molar-refractivity contribution in [2.24, 2.45) is 0 Å². The molecule has 0 bridgehead atoms. The summed E-state index contributed by atoms with van der Waals surface area (Å²) in [6.07, 6.45) is 0. The molecule has 0 aromatic heterocycles. The third-order valence-corrected chi connectivity index (χ3v) is 4.29. The predicted molar refractivity (Wildman–Crippen MR) is 80.0 cm³/mol. The third kappa shape index (κ3) is 2.15. The Kier molecular flexibility index (Phi) is 3.90. The van der Waals surface area contributed by atoms with Crippen LogP contribution < -0.4 is 0 Å². The lowest BCUT2D eigenvalue weighted by Crippen LogP contribution is -2.20. The highest BCUT2D eigenvalue weighted by molar-refractivity contribution is 6.09. The van der Waals surface area contributed by atoms with Crippen molar-refractivity contribution >= 4 is 17.5 Å². The van der Waals surface area contributed by atoms with Crippen molar-refractivity contribution in [1.29, 1.82) is 0 Å². The van der Waals surface area contributed by atoms with Crippen molar-refractivity contribution in [1.82, 2.24) is 0 Å². The standard InChI is InChI=1S/C17H20O4/c1-8-7-9(2)12-13(10(8)3)11(4)14(16(18)20-5)15(12)17(19)21-6/h7,15H,1-6H3. The normalized spacial score (nSPS) is 16.8. The number of esters is 2. The van der Waals surface area contributed by atoms with Crippen LogP contribution in [0.1, 0.15) is 40.7 Å². The maximum absolute atomic E-state index is 12.2. The van der Waals surface area contributed by atoms with E-state index in [0.29, 0.717) is 5.57 Å². The van der Waals surface area contributed by atoms with Gasteiger partial charge in [-0.05, 0) is 61.1 Å². The molecule has 2 rings (SSSR count). The molecule has 112 valence electrons. The van der Waals surface area contributed by atoms with Crippen LogP contribution in [0.3, 0.4) is 0 Å². The summed E-state index contributed by atoms with van der Waals surface area (Å²) in [6.45, 7) is 7.85. The van der Waals surface area contributed by atoms with E-state index in [9.17, 15) is 9.59 Å². The van der Waals surface area contributed by atoms with Crippen LogP contribution >= 0.6 is 0 Å². The Balaban J connectivity index is 2.81. The van der Waals surface area contributed by atoms with Crippen LogP contribution in [0.15, 0.2) is 11.6 Å². The van der Waals surface area contributed by atoms with Gasteiger partial charge >= 0.3 is 11.9 Å². The van der Waals surface area contributed by atoms with Crippen LogP contribution in [-0.2, 0) is 19.1 Å². The summed E-state index contributed by atoms with van der Waals surface area (Å²) < 4.78 is 9.77. The molecule has 4 nitrogen and oxygen atoms in total. The molecule has 0 N–H and O–H groups in total. The lowest BCUT2D eigenvalue weighted by molar-refractivity contribution is -0.144. The summed E-state index contributed by atoms with van der Waals surface area (Å²) >= 11 is 0. The van der Waals surface area contributed by atoms with Crippen LogP contribution in [0.4, 0.5) is 0 Å². The number of ether oxygens (including phenoxy) is 2. The molecule has 1 aromatic rings. The number of benzene rings is 1. The first-order valence-corrected chi connectivity index (χ1v) is 6.83. The molecule has 1 aliphatic rings. The van der Waals surface area contributed by atoms with Crippen molar-refractivity contribution in [2.75, 3.05) is 14.2 Å². The van der Waals surface area contributed by atoms with Crippen LogP contribution in [0.25, 0.3) is 5.57 Å². The number of rotatable bonds is 2. The van der Waals surface area contributed by atoms with E-state index in [2.05, 4.69) is 0 Å². The molecular formula is C17H20O4. The van der Waals surface area contributed by atoms with Gasteiger partial charge in [-0.3, -0.25) is 4.79 Å². The number of fused-ring (bicyclic) bond motifs is 1. The maximum atomic E-state index is 12.2. The van der Waals surface area contributed by atoms with Gasteiger partial charge in [-0.1, -0.05) is 6.07 Å². The van der Waals surface area contributed by atoms with Crippen molar-refractivity contribution in [2.45, 2.75) is 33.6 Å². The largest absolute Gasteiger partial charge is 0.468 e. The minimum atomic E-state index is -0.697.